The summed E-state index contributed by atoms with van der Waals surface area (Å²) in [6.45, 7) is 2.62. The standard InChI is InChI=1S/C18H23NO3/c1-2-6-14-11-15(13-16(20)12-14)19-10-9-18(21)22-17-7-4-3-5-8-17/h3-5,7-8,13-14,19H,2,6,9-12H2,1H3. The van der Waals surface area contributed by atoms with Crippen LogP contribution in [-0.2, 0) is 9.59 Å². The summed E-state index contributed by atoms with van der Waals surface area (Å²) in [6, 6.07) is 9.03. The van der Waals surface area contributed by atoms with E-state index in [1.54, 1.807) is 18.2 Å². The van der Waals surface area contributed by atoms with Gasteiger partial charge in [0.25, 0.3) is 0 Å². The lowest BCUT2D eigenvalue weighted by Gasteiger charge is -2.22. The number of hydrogen-bond acceptors (Lipinski definition) is 4. The molecular formula is C18H23NO3. The van der Waals surface area contributed by atoms with Crippen molar-refractivity contribution in [2.45, 2.75) is 39.0 Å². The first-order valence-electron chi connectivity index (χ1n) is 7.90. The average Bonchev–Trinajstić information content (AvgIpc) is 2.48. The molecule has 118 valence electrons. The zero-order valence-corrected chi connectivity index (χ0v) is 13.0. The highest BCUT2D eigenvalue weighted by atomic mass is 16.5. The molecule has 1 aromatic rings. The number of nitrogens with one attached hydrogen (secondary N) is 1. The number of rotatable bonds is 7. The molecule has 4 nitrogen and oxygen atoms in total. The number of ketones is 1. The van der Waals surface area contributed by atoms with Crippen molar-refractivity contribution in [3.05, 3.63) is 42.1 Å². The molecule has 0 amide bonds. The van der Waals surface area contributed by atoms with Crippen LogP contribution in [0.15, 0.2) is 42.1 Å². The Balaban J connectivity index is 1.73. The molecule has 0 saturated heterocycles. The molecule has 1 N–H and O–H groups in total. The van der Waals surface area contributed by atoms with E-state index in [1.165, 1.54) is 0 Å². The van der Waals surface area contributed by atoms with Gasteiger partial charge in [-0.05, 0) is 30.9 Å². The predicted molar refractivity (Wildman–Crippen MR) is 85.4 cm³/mol. The van der Waals surface area contributed by atoms with Crippen LogP contribution in [0.2, 0.25) is 0 Å². The third-order valence-corrected chi connectivity index (χ3v) is 3.69. The van der Waals surface area contributed by atoms with Crippen LogP contribution in [0.4, 0.5) is 0 Å². The van der Waals surface area contributed by atoms with Crippen LogP contribution < -0.4 is 10.1 Å². The molecule has 1 aliphatic carbocycles. The molecule has 0 radical (unpaired) electrons. The van der Waals surface area contributed by atoms with Crippen LogP contribution in [0.5, 0.6) is 5.75 Å². The molecule has 1 aromatic carbocycles. The van der Waals surface area contributed by atoms with E-state index in [-0.39, 0.29) is 18.2 Å². The maximum Gasteiger partial charge on any atom is 0.312 e. The average molecular weight is 301 g/mol. The summed E-state index contributed by atoms with van der Waals surface area (Å²) in [6.07, 6.45) is 5.66. The molecule has 22 heavy (non-hydrogen) atoms. The number of allylic oxidation sites excluding steroid dienone is 2. The maximum absolute atomic E-state index is 11.7. The van der Waals surface area contributed by atoms with Crippen molar-refractivity contribution in [3.63, 3.8) is 0 Å². The summed E-state index contributed by atoms with van der Waals surface area (Å²) in [4.78, 5) is 23.4. The van der Waals surface area contributed by atoms with Crippen molar-refractivity contribution in [1.82, 2.24) is 5.32 Å². The van der Waals surface area contributed by atoms with Gasteiger partial charge in [0, 0.05) is 24.7 Å². The molecule has 1 aliphatic rings. The van der Waals surface area contributed by atoms with Crippen molar-refractivity contribution in [3.8, 4) is 5.75 Å². The van der Waals surface area contributed by atoms with Gasteiger partial charge in [0.2, 0.25) is 0 Å². The molecule has 0 heterocycles. The fourth-order valence-electron chi connectivity index (χ4n) is 2.71. The fraction of sp³-hybridized carbons (Fsp3) is 0.444. The monoisotopic (exact) mass is 301 g/mol. The minimum Gasteiger partial charge on any atom is -0.426 e. The maximum atomic E-state index is 11.7. The zero-order valence-electron chi connectivity index (χ0n) is 13.0. The Morgan fingerprint density at radius 3 is 2.77 bits per heavy atom. The zero-order chi connectivity index (χ0) is 15.8. The molecule has 0 aliphatic heterocycles. The third-order valence-electron chi connectivity index (χ3n) is 3.69. The first kappa shape index (κ1) is 16.3. The van der Waals surface area contributed by atoms with Crippen molar-refractivity contribution in [2.75, 3.05) is 6.54 Å². The second kappa shape index (κ2) is 8.37. The van der Waals surface area contributed by atoms with Gasteiger partial charge in [0.1, 0.15) is 5.75 Å². The second-order valence-corrected chi connectivity index (χ2v) is 5.66. The van der Waals surface area contributed by atoms with Gasteiger partial charge in [0.15, 0.2) is 5.78 Å². The molecule has 4 heteroatoms. The van der Waals surface area contributed by atoms with Gasteiger partial charge in [-0.1, -0.05) is 31.5 Å². The normalized spacial score (nSPS) is 17.8. The lowest BCUT2D eigenvalue weighted by molar-refractivity contribution is -0.134. The first-order valence-corrected chi connectivity index (χ1v) is 7.90. The van der Waals surface area contributed by atoms with Crippen molar-refractivity contribution in [1.29, 1.82) is 0 Å². The minimum absolute atomic E-state index is 0.180. The van der Waals surface area contributed by atoms with E-state index in [0.29, 0.717) is 24.6 Å². The van der Waals surface area contributed by atoms with E-state index in [4.69, 9.17) is 4.74 Å². The summed E-state index contributed by atoms with van der Waals surface area (Å²) in [5.74, 6) is 0.898. The smallest absolute Gasteiger partial charge is 0.312 e. The lowest BCUT2D eigenvalue weighted by Crippen LogP contribution is -2.25. The van der Waals surface area contributed by atoms with Gasteiger partial charge >= 0.3 is 5.97 Å². The molecule has 0 aromatic heterocycles. The Labute approximate surface area is 131 Å². The molecule has 2 rings (SSSR count). The molecule has 1 unspecified atom stereocenters. The van der Waals surface area contributed by atoms with Crippen LogP contribution >= 0.6 is 0 Å². The molecule has 1 atom stereocenters. The van der Waals surface area contributed by atoms with Crippen LogP contribution in [0.25, 0.3) is 0 Å². The van der Waals surface area contributed by atoms with Crippen LogP contribution in [0.3, 0.4) is 0 Å². The highest BCUT2D eigenvalue weighted by Crippen LogP contribution is 2.24. The Kier molecular flexibility index (Phi) is 6.19. The summed E-state index contributed by atoms with van der Waals surface area (Å²) >= 11 is 0. The summed E-state index contributed by atoms with van der Waals surface area (Å²) in [5, 5.41) is 3.20. The summed E-state index contributed by atoms with van der Waals surface area (Å²) in [5.41, 5.74) is 0.946. The van der Waals surface area contributed by atoms with E-state index in [9.17, 15) is 9.59 Å². The van der Waals surface area contributed by atoms with Crippen molar-refractivity contribution in [2.24, 2.45) is 5.92 Å². The van der Waals surface area contributed by atoms with Gasteiger partial charge in [0.05, 0.1) is 6.42 Å². The molecule has 0 saturated carbocycles. The molecule has 0 bridgehead atoms. The Bertz CT molecular complexity index is 537. The molecule has 0 fully saturated rings. The van der Waals surface area contributed by atoms with Gasteiger partial charge in [-0.15, -0.1) is 0 Å². The first-order chi connectivity index (χ1) is 10.7. The molecular weight excluding hydrogens is 278 g/mol. The van der Waals surface area contributed by atoms with E-state index >= 15 is 0 Å². The van der Waals surface area contributed by atoms with Crippen LogP contribution in [-0.4, -0.2) is 18.3 Å². The number of benzene rings is 1. The van der Waals surface area contributed by atoms with Crippen molar-refractivity contribution < 1.29 is 14.3 Å². The predicted octanol–water partition coefficient (Wildman–Crippen LogP) is 3.23. The Hall–Kier alpha value is -2.10. The largest absolute Gasteiger partial charge is 0.426 e. The number of carbonyl (C=O) groups excluding carboxylic acids is 2. The molecule has 0 spiro atoms. The van der Waals surface area contributed by atoms with Gasteiger partial charge in [-0.2, -0.15) is 0 Å². The van der Waals surface area contributed by atoms with Crippen molar-refractivity contribution >= 4 is 11.8 Å². The Morgan fingerprint density at radius 1 is 1.27 bits per heavy atom. The van der Waals surface area contributed by atoms with Gasteiger partial charge in [-0.3, -0.25) is 9.59 Å². The lowest BCUT2D eigenvalue weighted by atomic mass is 9.88. The number of ether oxygens (including phenoxy) is 1. The van der Waals surface area contributed by atoms with Gasteiger partial charge in [-0.25, -0.2) is 0 Å². The van der Waals surface area contributed by atoms with E-state index < -0.39 is 0 Å². The quantitative estimate of drug-likeness (QED) is 0.620. The number of esters is 1. The fourth-order valence-corrected chi connectivity index (χ4v) is 2.71. The van der Waals surface area contributed by atoms with E-state index in [0.717, 1.165) is 25.0 Å². The Morgan fingerprint density at radius 2 is 2.05 bits per heavy atom. The summed E-state index contributed by atoms with van der Waals surface area (Å²) in [7, 11) is 0. The second-order valence-electron chi connectivity index (χ2n) is 5.66. The third kappa shape index (κ3) is 5.35. The van der Waals surface area contributed by atoms with E-state index in [1.807, 2.05) is 18.2 Å². The highest BCUT2D eigenvalue weighted by molar-refractivity contribution is 5.91. The van der Waals surface area contributed by atoms with E-state index in [2.05, 4.69) is 12.2 Å². The van der Waals surface area contributed by atoms with Crippen LogP contribution in [0, 0.1) is 5.92 Å². The minimum atomic E-state index is -0.272. The number of para-hydroxylation sites is 1. The highest BCUT2D eigenvalue weighted by Gasteiger charge is 2.19. The topological polar surface area (TPSA) is 55.4 Å². The SMILES string of the molecule is CCCC1CC(=O)C=C(NCCC(=O)Oc2ccccc2)C1. The number of hydrogen-bond donors (Lipinski definition) is 1. The van der Waals surface area contributed by atoms with Crippen LogP contribution in [0.1, 0.15) is 39.0 Å². The van der Waals surface area contributed by atoms with Gasteiger partial charge < -0.3 is 10.1 Å². The number of carbonyl (C=O) groups is 2. The summed E-state index contributed by atoms with van der Waals surface area (Å²) < 4.78 is 5.22.